The van der Waals surface area contributed by atoms with E-state index in [2.05, 4.69) is 14.7 Å². The molecular formula is C13H10I2N2O4. The van der Waals surface area contributed by atoms with Gasteiger partial charge >= 0.3 is 11.9 Å². The second-order valence-electron chi connectivity index (χ2n) is 3.53. The number of nitrogens with zero attached hydrogens (tertiary/aromatic N) is 2. The number of aromatic carboxylic acids is 1. The van der Waals surface area contributed by atoms with Gasteiger partial charge in [-0.05, 0) is 69.4 Å². The van der Waals surface area contributed by atoms with Crippen LogP contribution in [0, 0.1) is 7.40 Å². The lowest BCUT2D eigenvalue weighted by molar-refractivity contribution is 0.0599. The Hall–Kier alpha value is -1.30. The number of hydrogen-bond acceptors (Lipinski definition) is 5. The maximum atomic E-state index is 10.9. The molecule has 0 bridgehead atoms. The van der Waals surface area contributed by atoms with Gasteiger partial charge in [-0.2, -0.15) is 0 Å². The molecule has 0 aliphatic heterocycles. The van der Waals surface area contributed by atoms with Crippen LogP contribution in [0.1, 0.15) is 20.7 Å². The summed E-state index contributed by atoms with van der Waals surface area (Å²) in [6, 6.07) is 6.27. The Bertz CT molecular complexity index is 650. The average molecular weight is 512 g/mol. The van der Waals surface area contributed by atoms with Crippen molar-refractivity contribution in [3.63, 3.8) is 0 Å². The molecule has 0 amide bonds. The standard InChI is InChI=1S/C7H6INO2.C6H4INO2/c1-11-7(10)5-2-3-9-6(8)4-5;7-5-3-4(6(9)10)1-2-8-5/h2-4H,1H3;1-3H,(H,9,10). The number of hydrogen-bond donors (Lipinski definition) is 1. The smallest absolute Gasteiger partial charge is 0.337 e. The lowest BCUT2D eigenvalue weighted by Crippen LogP contribution is -2.01. The molecule has 0 fully saturated rings. The van der Waals surface area contributed by atoms with Crippen molar-refractivity contribution in [2.24, 2.45) is 0 Å². The lowest BCUT2D eigenvalue weighted by atomic mass is 10.3. The molecular weight excluding hydrogens is 502 g/mol. The van der Waals surface area contributed by atoms with Gasteiger partial charge in [-0.3, -0.25) is 9.97 Å². The minimum absolute atomic E-state index is 0.277. The van der Waals surface area contributed by atoms with Crippen molar-refractivity contribution in [3.05, 3.63) is 55.2 Å². The van der Waals surface area contributed by atoms with Crippen LogP contribution in [0.25, 0.3) is 0 Å². The molecule has 8 heteroatoms. The van der Waals surface area contributed by atoms with Gasteiger partial charge < -0.3 is 9.84 Å². The first-order chi connectivity index (χ1) is 9.93. The molecule has 0 saturated carbocycles. The number of carbonyl (C=O) groups excluding carboxylic acids is 1. The number of carbonyl (C=O) groups is 2. The molecule has 1 N–H and O–H groups in total. The summed E-state index contributed by atoms with van der Waals surface area (Å²) in [5.74, 6) is -1.24. The lowest BCUT2D eigenvalue weighted by Gasteiger charge is -1.97. The summed E-state index contributed by atoms with van der Waals surface area (Å²) in [7, 11) is 1.36. The van der Waals surface area contributed by atoms with Crippen LogP contribution in [0.2, 0.25) is 0 Å². The van der Waals surface area contributed by atoms with E-state index >= 15 is 0 Å². The van der Waals surface area contributed by atoms with Crippen LogP contribution in [0.4, 0.5) is 0 Å². The first-order valence-electron chi connectivity index (χ1n) is 5.48. The summed E-state index contributed by atoms with van der Waals surface area (Å²) in [6.45, 7) is 0. The van der Waals surface area contributed by atoms with E-state index in [1.807, 2.05) is 45.2 Å². The molecule has 2 heterocycles. The third-order valence-corrected chi connectivity index (χ3v) is 3.30. The van der Waals surface area contributed by atoms with Crippen LogP contribution in [0.15, 0.2) is 36.7 Å². The van der Waals surface area contributed by atoms with Gasteiger partial charge in [-0.1, -0.05) is 0 Å². The average Bonchev–Trinajstić information content (AvgIpc) is 2.47. The first kappa shape index (κ1) is 17.8. The Balaban J connectivity index is 0.000000211. The van der Waals surface area contributed by atoms with Gasteiger partial charge in [-0.15, -0.1) is 0 Å². The number of ether oxygens (including phenoxy) is 1. The third-order valence-electron chi connectivity index (χ3n) is 2.12. The molecule has 6 nitrogen and oxygen atoms in total. The van der Waals surface area contributed by atoms with E-state index in [1.54, 1.807) is 18.3 Å². The fourth-order valence-corrected chi connectivity index (χ4v) is 2.18. The number of rotatable bonds is 2. The van der Waals surface area contributed by atoms with Crippen LogP contribution in [0.3, 0.4) is 0 Å². The van der Waals surface area contributed by atoms with Crippen molar-refractivity contribution < 1.29 is 19.4 Å². The monoisotopic (exact) mass is 512 g/mol. The van der Waals surface area contributed by atoms with Crippen LogP contribution >= 0.6 is 45.2 Å². The summed E-state index contributed by atoms with van der Waals surface area (Å²) in [5, 5.41) is 8.48. The van der Waals surface area contributed by atoms with Gasteiger partial charge in [0.1, 0.15) is 7.40 Å². The third kappa shape index (κ3) is 6.33. The van der Waals surface area contributed by atoms with Gasteiger partial charge in [0.25, 0.3) is 0 Å². The molecule has 0 spiro atoms. The highest BCUT2D eigenvalue weighted by Crippen LogP contribution is 2.05. The summed E-state index contributed by atoms with van der Waals surface area (Å²) >= 11 is 4.00. The summed E-state index contributed by atoms with van der Waals surface area (Å²) in [5.41, 5.74) is 0.811. The number of pyridine rings is 2. The zero-order chi connectivity index (χ0) is 15.8. The van der Waals surface area contributed by atoms with Crippen molar-refractivity contribution in [1.82, 2.24) is 9.97 Å². The van der Waals surface area contributed by atoms with Crippen molar-refractivity contribution in [2.45, 2.75) is 0 Å². The highest BCUT2D eigenvalue weighted by atomic mass is 127. The van der Waals surface area contributed by atoms with E-state index < -0.39 is 5.97 Å². The maximum absolute atomic E-state index is 10.9. The quantitative estimate of drug-likeness (QED) is 0.379. The Morgan fingerprint density at radius 2 is 1.52 bits per heavy atom. The normalized spacial score (nSPS) is 9.29. The number of esters is 1. The highest BCUT2D eigenvalue weighted by molar-refractivity contribution is 14.1. The van der Waals surface area contributed by atoms with E-state index in [0.717, 1.165) is 3.70 Å². The predicted octanol–water partition coefficient (Wildman–Crippen LogP) is 2.86. The molecule has 110 valence electrons. The second kappa shape index (κ2) is 8.87. The minimum Gasteiger partial charge on any atom is -0.478 e. The molecule has 0 atom stereocenters. The molecule has 2 aromatic heterocycles. The van der Waals surface area contributed by atoms with Gasteiger partial charge in [-0.25, -0.2) is 9.59 Å². The molecule has 0 aliphatic carbocycles. The molecule has 0 saturated heterocycles. The molecule has 0 aliphatic rings. The summed E-state index contributed by atoms with van der Waals surface area (Å²) in [4.78, 5) is 29.0. The number of halogens is 2. The number of carboxylic acids is 1. The fourth-order valence-electron chi connectivity index (χ4n) is 1.18. The Morgan fingerprint density at radius 1 is 1.05 bits per heavy atom. The van der Waals surface area contributed by atoms with E-state index in [0.29, 0.717) is 9.26 Å². The Labute approximate surface area is 148 Å². The van der Waals surface area contributed by atoms with E-state index in [9.17, 15) is 9.59 Å². The number of carboxylic acid groups (broad SMARTS) is 1. The van der Waals surface area contributed by atoms with E-state index in [-0.39, 0.29) is 11.5 Å². The highest BCUT2D eigenvalue weighted by Gasteiger charge is 2.04. The molecule has 0 unspecified atom stereocenters. The largest absolute Gasteiger partial charge is 0.478 e. The van der Waals surface area contributed by atoms with Crippen molar-refractivity contribution in [2.75, 3.05) is 7.11 Å². The summed E-state index contributed by atoms with van der Waals surface area (Å²) in [6.07, 6.45) is 3.05. The number of methoxy groups -OCH3 is 1. The molecule has 0 aromatic carbocycles. The van der Waals surface area contributed by atoms with Crippen LogP contribution < -0.4 is 0 Å². The first-order valence-corrected chi connectivity index (χ1v) is 7.64. The van der Waals surface area contributed by atoms with E-state index in [1.165, 1.54) is 25.4 Å². The molecule has 0 radical (unpaired) electrons. The Morgan fingerprint density at radius 3 is 1.90 bits per heavy atom. The van der Waals surface area contributed by atoms with Crippen LogP contribution in [-0.4, -0.2) is 34.1 Å². The molecule has 2 rings (SSSR count). The van der Waals surface area contributed by atoms with Crippen molar-refractivity contribution in [1.29, 1.82) is 0 Å². The minimum atomic E-state index is -0.916. The van der Waals surface area contributed by atoms with Crippen LogP contribution in [0.5, 0.6) is 0 Å². The number of aromatic nitrogens is 2. The topological polar surface area (TPSA) is 89.4 Å². The fraction of sp³-hybridized carbons (Fsp3) is 0.0769. The van der Waals surface area contributed by atoms with Crippen LogP contribution in [-0.2, 0) is 4.74 Å². The zero-order valence-corrected chi connectivity index (χ0v) is 15.1. The zero-order valence-electron chi connectivity index (χ0n) is 10.8. The molecule has 2 aromatic rings. The summed E-state index contributed by atoms with van der Waals surface area (Å²) < 4.78 is 6.00. The maximum Gasteiger partial charge on any atom is 0.337 e. The second-order valence-corrected chi connectivity index (χ2v) is 5.74. The van der Waals surface area contributed by atoms with Crippen molar-refractivity contribution >= 4 is 57.1 Å². The van der Waals surface area contributed by atoms with Gasteiger partial charge in [0, 0.05) is 12.4 Å². The van der Waals surface area contributed by atoms with Gasteiger partial charge in [0.2, 0.25) is 0 Å². The predicted molar refractivity (Wildman–Crippen MR) is 92.2 cm³/mol. The van der Waals surface area contributed by atoms with Gasteiger partial charge in [0.15, 0.2) is 0 Å². The Kier molecular flexibility index (Phi) is 7.50. The van der Waals surface area contributed by atoms with Gasteiger partial charge in [0.05, 0.1) is 18.2 Å². The SMILES string of the molecule is COC(=O)c1ccnc(I)c1.O=C(O)c1ccnc(I)c1. The molecule has 21 heavy (non-hydrogen) atoms. The van der Waals surface area contributed by atoms with Crippen molar-refractivity contribution in [3.8, 4) is 0 Å². The van der Waals surface area contributed by atoms with E-state index in [4.69, 9.17) is 5.11 Å².